The Labute approximate surface area is 149 Å². The number of rotatable bonds is 9. The van der Waals surface area contributed by atoms with Crippen molar-refractivity contribution < 1.29 is 13.2 Å². The van der Waals surface area contributed by atoms with Crippen molar-refractivity contribution in [3.63, 3.8) is 0 Å². The molecule has 2 rings (SSSR count). The van der Waals surface area contributed by atoms with Gasteiger partial charge in [-0.1, -0.05) is 0 Å². The molecule has 0 unspecified atom stereocenters. The maximum absolute atomic E-state index is 12.4. The zero-order valence-electron chi connectivity index (χ0n) is 14.7. The number of aromatic nitrogens is 1. The molecule has 0 amide bonds. The van der Waals surface area contributed by atoms with E-state index in [9.17, 15) is 8.42 Å². The van der Waals surface area contributed by atoms with Crippen molar-refractivity contribution in [1.82, 2.24) is 9.88 Å². The number of hydrogen-bond acceptors (Lipinski definition) is 6. The van der Waals surface area contributed by atoms with E-state index < -0.39 is 10.0 Å². The van der Waals surface area contributed by atoms with Crippen molar-refractivity contribution in [2.75, 3.05) is 44.3 Å². The van der Waals surface area contributed by atoms with E-state index in [-0.39, 0.29) is 4.90 Å². The van der Waals surface area contributed by atoms with Crippen LogP contribution in [-0.2, 0) is 10.0 Å². The van der Waals surface area contributed by atoms with Gasteiger partial charge in [0.1, 0.15) is 11.6 Å². The molecule has 0 aliphatic heterocycles. The number of anilines is 2. The minimum Gasteiger partial charge on any atom is -0.497 e. The number of nitrogens with one attached hydrogen (secondary N) is 2. The van der Waals surface area contributed by atoms with E-state index in [1.807, 2.05) is 14.1 Å². The maximum atomic E-state index is 12.4. The normalized spacial score (nSPS) is 11.4. The minimum atomic E-state index is -3.65. The summed E-state index contributed by atoms with van der Waals surface area (Å²) in [5.74, 6) is 1.32. The Morgan fingerprint density at radius 2 is 1.84 bits per heavy atom. The molecule has 1 aromatic carbocycles. The Kier molecular flexibility index (Phi) is 6.60. The van der Waals surface area contributed by atoms with Gasteiger partial charge in [0.05, 0.1) is 23.9 Å². The van der Waals surface area contributed by atoms with Crippen molar-refractivity contribution >= 4 is 21.5 Å². The summed E-state index contributed by atoms with van der Waals surface area (Å²) < 4.78 is 32.3. The molecule has 1 aromatic heterocycles. The van der Waals surface area contributed by atoms with Gasteiger partial charge < -0.3 is 15.0 Å². The first-order valence-corrected chi connectivity index (χ1v) is 9.40. The molecule has 25 heavy (non-hydrogen) atoms. The van der Waals surface area contributed by atoms with E-state index in [1.54, 1.807) is 24.3 Å². The third kappa shape index (κ3) is 5.91. The molecule has 136 valence electrons. The Hall–Kier alpha value is -2.32. The van der Waals surface area contributed by atoms with Crippen molar-refractivity contribution in [1.29, 1.82) is 0 Å². The quantitative estimate of drug-likeness (QED) is 0.664. The highest BCUT2D eigenvalue weighted by molar-refractivity contribution is 7.92. The topological polar surface area (TPSA) is 83.6 Å². The highest BCUT2D eigenvalue weighted by atomic mass is 32.2. The fraction of sp³-hybridized carbons (Fsp3) is 0.353. The number of nitrogens with zero attached hydrogens (tertiary/aromatic N) is 2. The summed E-state index contributed by atoms with van der Waals surface area (Å²) >= 11 is 0. The van der Waals surface area contributed by atoms with Crippen LogP contribution in [0.3, 0.4) is 0 Å². The summed E-state index contributed by atoms with van der Waals surface area (Å²) in [6, 6.07) is 9.63. The van der Waals surface area contributed by atoms with E-state index in [0.29, 0.717) is 17.3 Å². The van der Waals surface area contributed by atoms with Gasteiger partial charge in [-0.15, -0.1) is 0 Å². The van der Waals surface area contributed by atoms with Gasteiger partial charge in [-0.25, -0.2) is 13.4 Å². The first-order valence-electron chi connectivity index (χ1n) is 7.92. The van der Waals surface area contributed by atoms with Crippen LogP contribution >= 0.6 is 0 Å². The van der Waals surface area contributed by atoms with E-state index >= 15 is 0 Å². The Morgan fingerprint density at radius 3 is 2.40 bits per heavy atom. The first kappa shape index (κ1) is 19.0. The molecule has 0 saturated carbocycles. The van der Waals surface area contributed by atoms with Gasteiger partial charge in [-0.3, -0.25) is 4.72 Å². The highest BCUT2D eigenvalue weighted by Crippen LogP contribution is 2.19. The molecule has 0 bridgehead atoms. The van der Waals surface area contributed by atoms with Crippen LogP contribution in [0.4, 0.5) is 11.5 Å². The molecular weight excluding hydrogens is 340 g/mol. The summed E-state index contributed by atoms with van der Waals surface area (Å²) in [5, 5.41) is 3.21. The lowest BCUT2D eigenvalue weighted by Crippen LogP contribution is -2.16. The van der Waals surface area contributed by atoms with Gasteiger partial charge in [0.15, 0.2) is 0 Å². The molecule has 0 fully saturated rings. The largest absolute Gasteiger partial charge is 0.497 e. The van der Waals surface area contributed by atoms with Gasteiger partial charge in [-0.05, 0) is 63.5 Å². The van der Waals surface area contributed by atoms with Crippen LogP contribution in [0.5, 0.6) is 5.75 Å². The highest BCUT2D eigenvalue weighted by Gasteiger charge is 2.14. The van der Waals surface area contributed by atoms with Gasteiger partial charge in [0, 0.05) is 6.54 Å². The Morgan fingerprint density at radius 1 is 1.12 bits per heavy atom. The molecule has 0 spiro atoms. The molecule has 2 N–H and O–H groups in total. The smallest absolute Gasteiger partial charge is 0.261 e. The fourth-order valence-corrected chi connectivity index (χ4v) is 3.18. The minimum absolute atomic E-state index is 0.166. The van der Waals surface area contributed by atoms with Crippen LogP contribution < -0.4 is 14.8 Å². The third-order valence-corrected chi connectivity index (χ3v) is 4.87. The lowest BCUT2D eigenvalue weighted by molar-refractivity contribution is 0.405. The first-order chi connectivity index (χ1) is 11.9. The number of ether oxygens (including phenoxy) is 1. The van der Waals surface area contributed by atoms with Crippen molar-refractivity contribution in [3.05, 3.63) is 42.6 Å². The summed E-state index contributed by atoms with van der Waals surface area (Å²) in [4.78, 5) is 6.51. The van der Waals surface area contributed by atoms with Crippen LogP contribution in [0.2, 0.25) is 0 Å². The van der Waals surface area contributed by atoms with Crippen LogP contribution in [0.25, 0.3) is 0 Å². The zero-order chi connectivity index (χ0) is 18.3. The van der Waals surface area contributed by atoms with Gasteiger partial charge >= 0.3 is 0 Å². The predicted octanol–water partition coefficient (Wildman–Crippen LogP) is 2.25. The molecule has 8 heteroatoms. The second-order valence-corrected chi connectivity index (χ2v) is 7.48. The summed E-state index contributed by atoms with van der Waals surface area (Å²) in [7, 11) is 1.94. The molecule has 2 aromatic rings. The Balaban J connectivity index is 1.95. The van der Waals surface area contributed by atoms with Crippen molar-refractivity contribution in [2.45, 2.75) is 11.3 Å². The zero-order valence-corrected chi connectivity index (χ0v) is 15.5. The molecule has 7 nitrogen and oxygen atoms in total. The fourth-order valence-electron chi connectivity index (χ4n) is 2.14. The molecular formula is C17H24N4O3S. The monoisotopic (exact) mass is 364 g/mol. The van der Waals surface area contributed by atoms with Crippen molar-refractivity contribution in [3.8, 4) is 5.75 Å². The molecule has 0 radical (unpaired) electrons. The molecule has 0 atom stereocenters. The number of sulfonamides is 1. The Bertz CT molecular complexity index is 759. The van der Waals surface area contributed by atoms with Gasteiger partial charge in [0.2, 0.25) is 0 Å². The van der Waals surface area contributed by atoms with E-state index in [4.69, 9.17) is 4.74 Å². The number of pyridine rings is 1. The van der Waals surface area contributed by atoms with Gasteiger partial charge in [0.25, 0.3) is 10.0 Å². The third-order valence-electron chi connectivity index (χ3n) is 3.47. The van der Waals surface area contributed by atoms with E-state index in [0.717, 1.165) is 19.5 Å². The number of hydrogen-bond donors (Lipinski definition) is 2. The van der Waals surface area contributed by atoms with Crippen molar-refractivity contribution in [2.24, 2.45) is 0 Å². The second kappa shape index (κ2) is 8.68. The lowest BCUT2D eigenvalue weighted by Gasteiger charge is -2.11. The van der Waals surface area contributed by atoms with Crippen LogP contribution in [0, 0.1) is 0 Å². The van der Waals surface area contributed by atoms with E-state index in [1.165, 1.54) is 25.4 Å². The van der Waals surface area contributed by atoms with Crippen LogP contribution in [0.1, 0.15) is 6.42 Å². The summed E-state index contributed by atoms with van der Waals surface area (Å²) in [6.45, 7) is 1.80. The second-order valence-electron chi connectivity index (χ2n) is 5.80. The molecule has 1 heterocycles. The molecule has 0 aliphatic rings. The average molecular weight is 364 g/mol. The number of methoxy groups -OCH3 is 1. The summed E-state index contributed by atoms with van der Waals surface area (Å²) in [6.07, 6.45) is 2.50. The standard InChI is InChI=1S/C17H24N4O3S/c1-21(2)12-4-11-18-17-10-5-14(13-19-17)20-25(22,23)16-8-6-15(24-3)7-9-16/h5-10,13,20H,4,11-12H2,1-3H3,(H,18,19). The van der Waals surface area contributed by atoms with E-state index in [2.05, 4.69) is 19.9 Å². The maximum Gasteiger partial charge on any atom is 0.261 e. The van der Waals surface area contributed by atoms with Crippen LogP contribution in [-0.4, -0.2) is 52.6 Å². The average Bonchev–Trinajstić information content (AvgIpc) is 2.60. The van der Waals surface area contributed by atoms with Crippen LogP contribution in [0.15, 0.2) is 47.5 Å². The lowest BCUT2D eigenvalue weighted by atomic mass is 10.3. The SMILES string of the molecule is COc1ccc(S(=O)(=O)Nc2ccc(NCCCN(C)C)nc2)cc1. The molecule has 0 saturated heterocycles. The molecule has 0 aliphatic carbocycles. The van der Waals surface area contributed by atoms with Gasteiger partial charge in [-0.2, -0.15) is 0 Å². The predicted molar refractivity (Wildman–Crippen MR) is 99.7 cm³/mol. The summed E-state index contributed by atoms with van der Waals surface area (Å²) in [5.41, 5.74) is 0.412. The number of benzene rings is 1.